The van der Waals surface area contributed by atoms with Gasteiger partial charge in [-0.25, -0.2) is 4.39 Å². The number of nitrogens with zero attached hydrogens (tertiary/aromatic N) is 1. The fourth-order valence-corrected chi connectivity index (χ4v) is 3.11. The van der Waals surface area contributed by atoms with Crippen molar-refractivity contribution in [1.29, 1.82) is 0 Å². The van der Waals surface area contributed by atoms with Crippen molar-refractivity contribution >= 4 is 5.69 Å². The molecule has 0 bridgehead atoms. The van der Waals surface area contributed by atoms with E-state index in [4.69, 9.17) is 4.74 Å². The molecule has 0 aromatic heterocycles. The molecule has 0 saturated carbocycles. The number of halogens is 1. The predicted molar refractivity (Wildman–Crippen MR) is 85.4 cm³/mol. The molecule has 118 valence electrons. The summed E-state index contributed by atoms with van der Waals surface area (Å²) in [6.45, 7) is 9.73. The van der Waals surface area contributed by atoms with Crippen molar-refractivity contribution in [1.82, 2.24) is 5.32 Å². The summed E-state index contributed by atoms with van der Waals surface area (Å²) < 4.78 is 19.4. The van der Waals surface area contributed by atoms with Crippen LogP contribution in [0.3, 0.4) is 0 Å². The van der Waals surface area contributed by atoms with Crippen molar-refractivity contribution in [3.63, 3.8) is 0 Å². The van der Waals surface area contributed by atoms with Gasteiger partial charge in [-0.1, -0.05) is 6.92 Å². The highest BCUT2D eigenvalue weighted by Gasteiger charge is 2.23. The number of hydrogen-bond donors (Lipinski definition) is 1. The Hall–Kier alpha value is -1.13. The molecule has 2 rings (SSSR count). The Bertz CT molecular complexity index is 450. The van der Waals surface area contributed by atoms with E-state index in [0.717, 1.165) is 50.3 Å². The second kappa shape index (κ2) is 7.76. The van der Waals surface area contributed by atoms with Gasteiger partial charge in [0.1, 0.15) is 5.82 Å². The largest absolute Gasteiger partial charge is 0.377 e. The molecule has 2 atom stereocenters. The molecule has 1 aromatic rings. The van der Waals surface area contributed by atoms with Gasteiger partial charge in [0, 0.05) is 31.4 Å². The molecule has 1 aliphatic rings. The third-order valence-electron chi connectivity index (χ3n) is 4.09. The summed E-state index contributed by atoms with van der Waals surface area (Å²) in [5, 5.41) is 3.38. The van der Waals surface area contributed by atoms with E-state index in [1.165, 1.54) is 0 Å². The SMILES string of the molecule is CCNC(C)c1cc(F)ccc1N1CCCC(OCC)C1. The molecule has 1 aromatic carbocycles. The van der Waals surface area contributed by atoms with Gasteiger partial charge in [-0.05, 0) is 57.0 Å². The van der Waals surface area contributed by atoms with E-state index in [-0.39, 0.29) is 18.0 Å². The lowest BCUT2D eigenvalue weighted by Gasteiger charge is -2.36. The van der Waals surface area contributed by atoms with Gasteiger partial charge in [0.05, 0.1) is 6.10 Å². The van der Waals surface area contributed by atoms with E-state index in [9.17, 15) is 4.39 Å². The van der Waals surface area contributed by atoms with Gasteiger partial charge in [-0.3, -0.25) is 0 Å². The molecular weight excluding hydrogens is 267 g/mol. The van der Waals surface area contributed by atoms with E-state index < -0.39 is 0 Å². The Morgan fingerprint density at radius 2 is 2.24 bits per heavy atom. The Labute approximate surface area is 127 Å². The van der Waals surface area contributed by atoms with Gasteiger partial charge in [-0.2, -0.15) is 0 Å². The summed E-state index contributed by atoms with van der Waals surface area (Å²) in [5.74, 6) is -0.170. The molecule has 1 saturated heterocycles. The van der Waals surface area contributed by atoms with Gasteiger partial charge in [-0.15, -0.1) is 0 Å². The molecule has 0 radical (unpaired) electrons. The average molecular weight is 294 g/mol. The van der Waals surface area contributed by atoms with Gasteiger partial charge in [0.15, 0.2) is 0 Å². The van der Waals surface area contributed by atoms with E-state index in [2.05, 4.69) is 24.1 Å². The highest BCUT2D eigenvalue weighted by molar-refractivity contribution is 5.55. The van der Waals surface area contributed by atoms with Crippen molar-refractivity contribution in [3.8, 4) is 0 Å². The molecule has 1 N–H and O–H groups in total. The van der Waals surface area contributed by atoms with Gasteiger partial charge in [0.2, 0.25) is 0 Å². The number of benzene rings is 1. The summed E-state index contributed by atoms with van der Waals surface area (Å²) in [7, 11) is 0. The molecular formula is C17H27FN2O. The molecule has 1 heterocycles. The maximum atomic E-state index is 13.6. The van der Waals surface area contributed by atoms with Crippen molar-refractivity contribution in [2.24, 2.45) is 0 Å². The Balaban J connectivity index is 2.21. The molecule has 3 nitrogen and oxygen atoms in total. The summed E-state index contributed by atoms with van der Waals surface area (Å²) in [6, 6.07) is 5.27. The Morgan fingerprint density at radius 3 is 2.95 bits per heavy atom. The highest BCUT2D eigenvalue weighted by atomic mass is 19.1. The topological polar surface area (TPSA) is 24.5 Å². The summed E-state index contributed by atoms with van der Waals surface area (Å²) in [5.41, 5.74) is 2.17. The van der Waals surface area contributed by atoms with Crippen LogP contribution in [0.1, 0.15) is 45.2 Å². The van der Waals surface area contributed by atoms with Crippen LogP contribution in [0.5, 0.6) is 0 Å². The molecule has 2 unspecified atom stereocenters. The number of anilines is 1. The van der Waals surface area contributed by atoms with Gasteiger partial charge in [0.25, 0.3) is 0 Å². The fourth-order valence-electron chi connectivity index (χ4n) is 3.11. The van der Waals surface area contributed by atoms with Crippen LogP contribution in [-0.2, 0) is 4.74 Å². The van der Waals surface area contributed by atoms with Crippen LogP contribution in [0.25, 0.3) is 0 Å². The molecule has 0 spiro atoms. The Morgan fingerprint density at radius 1 is 1.43 bits per heavy atom. The van der Waals surface area contributed by atoms with Gasteiger partial charge >= 0.3 is 0 Å². The average Bonchev–Trinajstić information content (AvgIpc) is 2.48. The number of rotatable bonds is 6. The van der Waals surface area contributed by atoms with E-state index in [1.54, 1.807) is 12.1 Å². The van der Waals surface area contributed by atoms with Crippen molar-refractivity contribution < 1.29 is 9.13 Å². The fraction of sp³-hybridized carbons (Fsp3) is 0.647. The molecule has 4 heteroatoms. The zero-order valence-corrected chi connectivity index (χ0v) is 13.4. The first-order chi connectivity index (χ1) is 10.2. The maximum Gasteiger partial charge on any atom is 0.123 e. The van der Waals surface area contributed by atoms with Gasteiger partial charge < -0.3 is 15.0 Å². The normalized spacial score (nSPS) is 20.6. The zero-order chi connectivity index (χ0) is 15.2. The smallest absolute Gasteiger partial charge is 0.123 e. The molecule has 0 amide bonds. The minimum atomic E-state index is -0.170. The van der Waals surface area contributed by atoms with Crippen LogP contribution in [0.2, 0.25) is 0 Å². The standard InChI is InChI=1S/C17H27FN2O/c1-4-19-13(3)16-11-14(18)8-9-17(16)20-10-6-7-15(12-20)21-5-2/h8-9,11,13,15,19H,4-7,10,12H2,1-3H3. The quantitative estimate of drug-likeness (QED) is 0.869. The maximum absolute atomic E-state index is 13.6. The first-order valence-corrected chi connectivity index (χ1v) is 8.05. The van der Waals surface area contributed by atoms with Crippen LogP contribution >= 0.6 is 0 Å². The number of hydrogen-bond acceptors (Lipinski definition) is 3. The van der Waals surface area contributed by atoms with E-state index >= 15 is 0 Å². The molecule has 1 aliphatic heterocycles. The predicted octanol–water partition coefficient (Wildman–Crippen LogP) is 3.50. The first-order valence-electron chi connectivity index (χ1n) is 8.05. The first kappa shape index (κ1) is 16.2. The summed E-state index contributed by atoms with van der Waals surface area (Å²) >= 11 is 0. The second-order valence-corrected chi connectivity index (χ2v) is 5.65. The van der Waals surface area contributed by atoms with Crippen LogP contribution in [0.4, 0.5) is 10.1 Å². The lowest BCUT2D eigenvalue weighted by Crippen LogP contribution is -2.40. The lowest BCUT2D eigenvalue weighted by molar-refractivity contribution is 0.0526. The minimum absolute atomic E-state index is 0.146. The molecule has 0 aliphatic carbocycles. The Kier molecular flexibility index (Phi) is 6.00. The summed E-state index contributed by atoms with van der Waals surface area (Å²) in [4.78, 5) is 2.34. The third-order valence-corrected chi connectivity index (χ3v) is 4.09. The number of nitrogens with one attached hydrogen (secondary N) is 1. The summed E-state index contributed by atoms with van der Waals surface area (Å²) in [6.07, 6.45) is 2.52. The van der Waals surface area contributed by atoms with Crippen LogP contribution in [0, 0.1) is 5.82 Å². The third kappa shape index (κ3) is 4.17. The lowest BCUT2D eigenvalue weighted by atomic mass is 10.0. The van der Waals surface area contributed by atoms with E-state index in [0.29, 0.717) is 0 Å². The van der Waals surface area contributed by atoms with Crippen molar-refractivity contribution in [3.05, 3.63) is 29.6 Å². The second-order valence-electron chi connectivity index (χ2n) is 5.65. The van der Waals surface area contributed by atoms with Crippen LogP contribution < -0.4 is 10.2 Å². The zero-order valence-electron chi connectivity index (χ0n) is 13.4. The van der Waals surface area contributed by atoms with Crippen molar-refractivity contribution in [2.45, 2.75) is 45.8 Å². The number of ether oxygens (including phenoxy) is 1. The molecule has 1 fully saturated rings. The van der Waals surface area contributed by atoms with E-state index in [1.807, 2.05) is 13.0 Å². The monoisotopic (exact) mass is 294 g/mol. The highest BCUT2D eigenvalue weighted by Crippen LogP contribution is 2.30. The molecule has 21 heavy (non-hydrogen) atoms. The number of piperidine rings is 1. The van der Waals surface area contributed by atoms with Crippen LogP contribution in [0.15, 0.2) is 18.2 Å². The minimum Gasteiger partial charge on any atom is -0.377 e. The van der Waals surface area contributed by atoms with Crippen molar-refractivity contribution in [2.75, 3.05) is 31.1 Å². The van der Waals surface area contributed by atoms with Crippen LogP contribution in [-0.4, -0.2) is 32.3 Å².